The minimum Gasteiger partial charge on any atom is -0.361 e. The maximum atomic E-state index is 5.28. The molecular formula is C11H11NS. The largest absolute Gasteiger partial charge is 0.361 e. The van der Waals surface area contributed by atoms with Crippen LogP contribution in [0.15, 0.2) is 30.5 Å². The van der Waals surface area contributed by atoms with E-state index in [9.17, 15) is 0 Å². The fourth-order valence-electron chi connectivity index (χ4n) is 1.49. The average Bonchev–Trinajstić information content (AvgIpc) is 2.60. The number of aromatic nitrogens is 1. The van der Waals surface area contributed by atoms with E-state index in [2.05, 4.69) is 24.0 Å². The molecule has 0 aliphatic carbocycles. The zero-order valence-corrected chi connectivity index (χ0v) is 8.32. The molecule has 2 heteroatoms. The van der Waals surface area contributed by atoms with Gasteiger partial charge in [0.2, 0.25) is 0 Å². The van der Waals surface area contributed by atoms with E-state index in [0.29, 0.717) is 0 Å². The minimum atomic E-state index is 0.928. The summed E-state index contributed by atoms with van der Waals surface area (Å²) in [6.45, 7) is 2.09. The van der Waals surface area contributed by atoms with Crippen LogP contribution in [0, 0.1) is 0 Å². The van der Waals surface area contributed by atoms with Gasteiger partial charge in [-0.05, 0) is 12.5 Å². The van der Waals surface area contributed by atoms with Gasteiger partial charge in [-0.25, -0.2) is 0 Å². The lowest BCUT2D eigenvalue weighted by atomic mass is 10.1. The Morgan fingerprint density at radius 1 is 1.38 bits per heavy atom. The van der Waals surface area contributed by atoms with Crippen molar-refractivity contribution in [2.24, 2.45) is 0 Å². The fourth-order valence-corrected chi connectivity index (χ4v) is 1.66. The van der Waals surface area contributed by atoms with Gasteiger partial charge in [0.1, 0.15) is 0 Å². The van der Waals surface area contributed by atoms with Crippen molar-refractivity contribution in [3.05, 3.63) is 36.0 Å². The lowest BCUT2D eigenvalue weighted by molar-refractivity contribution is 1.32. The van der Waals surface area contributed by atoms with Crippen LogP contribution in [-0.4, -0.2) is 9.85 Å². The molecule has 66 valence electrons. The van der Waals surface area contributed by atoms with Crippen molar-refractivity contribution in [1.29, 1.82) is 0 Å². The first-order valence-corrected chi connectivity index (χ1v) is 4.83. The molecule has 0 radical (unpaired) electrons. The van der Waals surface area contributed by atoms with Crippen molar-refractivity contribution in [3.63, 3.8) is 0 Å². The first-order chi connectivity index (χ1) is 6.33. The highest BCUT2D eigenvalue weighted by atomic mass is 32.1. The van der Waals surface area contributed by atoms with Gasteiger partial charge in [0, 0.05) is 27.5 Å². The summed E-state index contributed by atoms with van der Waals surface area (Å²) >= 11 is 5.28. The van der Waals surface area contributed by atoms with Crippen molar-refractivity contribution in [2.45, 2.75) is 13.3 Å². The predicted molar refractivity (Wildman–Crippen MR) is 60.3 cm³/mol. The van der Waals surface area contributed by atoms with Crippen LogP contribution in [0.5, 0.6) is 0 Å². The zero-order chi connectivity index (χ0) is 9.26. The van der Waals surface area contributed by atoms with Crippen LogP contribution in [0.1, 0.15) is 18.9 Å². The van der Waals surface area contributed by atoms with E-state index in [0.717, 1.165) is 16.8 Å². The average molecular weight is 189 g/mol. The molecule has 2 rings (SSSR count). The summed E-state index contributed by atoms with van der Waals surface area (Å²) in [6, 6.07) is 8.23. The van der Waals surface area contributed by atoms with Gasteiger partial charge >= 0.3 is 0 Å². The van der Waals surface area contributed by atoms with E-state index in [-0.39, 0.29) is 0 Å². The number of hydrogen-bond acceptors (Lipinski definition) is 1. The molecule has 0 bridgehead atoms. The van der Waals surface area contributed by atoms with Crippen LogP contribution >= 0.6 is 12.2 Å². The molecule has 1 aromatic heterocycles. The first kappa shape index (κ1) is 8.45. The van der Waals surface area contributed by atoms with Gasteiger partial charge in [0.25, 0.3) is 0 Å². The zero-order valence-electron chi connectivity index (χ0n) is 7.50. The Morgan fingerprint density at radius 2 is 2.15 bits per heavy atom. The maximum absolute atomic E-state index is 5.28. The lowest BCUT2D eigenvalue weighted by Crippen LogP contribution is -1.91. The topological polar surface area (TPSA) is 15.8 Å². The molecule has 1 nitrogen and oxygen atoms in total. The Labute approximate surface area is 82.8 Å². The van der Waals surface area contributed by atoms with Crippen molar-refractivity contribution in [2.75, 3.05) is 0 Å². The van der Waals surface area contributed by atoms with Gasteiger partial charge in [-0.2, -0.15) is 0 Å². The highest BCUT2D eigenvalue weighted by Gasteiger charge is 2.05. The summed E-state index contributed by atoms with van der Waals surface area (Å²) in [6.07, 6.45) is 2.92. The highest BCUT2D eigenvalue weighted by molar-refractivity contribution is 7.80. The molecule has 0 fully saturated rings. The molecule has 0 aliphatic heterocycles. The van der Waals surface area contributed by atoms with Crippen LogP contribution < -0.4 is 0 Å². The second-order valence-corrected chi connectivity index (χ2v) is 3.52. The summed E-state index contributed by atoms with van der Waals surface area (Å²) < 4.78 is 0. The normalized spacial score (nSPS) is 10.5. The van der Waals surface area contributed by atoms with E-state index >= 15 is 0 Å². The van der Waals surface area contributed by atoms with Crippen LogP contribution in [-0.2, 0) is 0 Å². The monoisotopic (exact) mass is 189 g/mol. The minimum absolute atomic E-state index is 0.928. The lowest BCUT2D eigenvalue weighted by Gasteiger charge is -1.96. The molecule has 0 saturated heterocycles. The number of benzene rings is 1. The smallest absolute Gasteiger partial charge is 0.0460 e. The molecule has 1 N–H and O–H groups in total. The van der Waals surface area contributed by atoms with E-state index in [4.69, 9.17) is 12.2 Å². The molecule has 0 amide bonds. The molecule has 0 aliphatic rings. The second-order valence-electron chi connectivity index (χ2n) is 3.02. The Hall–Kier alpha value is -1.15. The number of H-pyrrole nitrogens is 1. The van der Waals surface area contributed by atoms with Crippen LogP contribution in [0.3, 0.4) is 0 Å². The number of aromatic amines is 1. The van der Waals surface area contributed by atoms with Crippen molar-refractivity contribution in [1.82, 2.24) is 4.98 Å². The Morgan fingerprint density at radius 3 is 2.92 bits per heavy atom. The molecule has 0 spiro atoms. The van der Waals surface area contributed by atoms with E-state index in [1.54, 1.807) is 0 Å². The molecule has 13 heavy (non-hydrogen) atoms. The SMILES string of the molecule is CCC(=S)c1c[nH]c2ccccc12. The predicted octanol–water partition coefficient (Wildman–Crippen LogP) is 3.30. The third-order valence-electron chi connectivity index (χ3n) is 2.21. The summed E-state index contributed by atoms with van der Waals surface area (Å²) in [5.74, 6) is 0. The number of fused-ring (bicyclic) bond motifs is 1. The van der Waals surface area contributed by atoms with E-state index < -0.39 is 0 Å². The number of hydrogen-bond donors (Lipinski definition) is 1. The third kappa shape index (κ3) is 1.38. The molecule has 1 heterocycles. The molecule has 0 atom stereocenters. The summed E-state index contributed by atoms with van der Waals surface area (Å²) in [4.78, 5) is 4.24. The van der Waals surface area contributed by atoms with E-state index in [1.165, 1.54) is 10.9 Å². The van der Waals surface area contributed by atoms with Gasteiger partial charge < -0.3 is 4.98 Å². The highest BCUT2D eigenvalue weighted by Crippen LogP contribution is 2.19. The summed E-state index contributed by atoms with van der Waals surface area (Å²) in [5.41, 5.74) is 2.33. The second kappa shape index (κ2) is 3.30. The Bertz CT molecular complexity index is 442. The Kier molecular flexibility index (Phi) is 2.15. The number of thiocarbonyl (C=S) groups is 1. The van der Waals surface area contributed by atoms with Crippen LogP contribution in [0.2, 0.25) is 0 Å². The van der Waals surface area contributed by atoms with Gasteiger partial charge in [0.05, 0.1) is 0 Å². The fraction of sp³-hybridized carbons (Fsp3) is 0.182. The molecular weight excluding hydrogens is 178 g/mol. The van der Waals surface area contributed by atoms with Gasteiger partial charge in [-0.15, -0.1) is 0 Å². The quantitative estimate of drug-likeness (QED) is 0.566. The maximum Gasteiger partial charge on any atom is 0.0460 e. The van der Waals surface area contributed by atoms with Gasteiger partial charge in [0.15, 0.2) is 0 Å². The van der Waals surface area contributed by atoms with Crippen molar-refractivity contribution >= 4 is 28.0 Å². The van der Waals surface area contributed by atoms with E-state index in [1.807, 2.05) is 18.3 Å². The van der Waals surface area contributed by atoms with Crippen molar-refractivity contribution in [3.8, 4) is 0 Å². The van der Waals surface area contributed by atoms with Gasteiger partial charge in [-0.3, -0.25) is 0 Å². The third-order valence-corrected chi connectivity index (χ3v) is 2.72. The van der Waals surface area contributed by atoms with Crippen LogP contribution in [0.25, 0.3) is 10.9 Å². The molecule has 0 saturated carbocycles. The molecule has 0 unspecified atom stereocenters. The number of para-hydroxylation sites is 1. The Balaban J connectivity index is 2.64. The summed E-state index contributed by atoms with van der Waals surface area (Å²) in [7, 11) is 0. The van der Waals surface area contributed by atoms with Gasteiger partial charge in [-0.1, -0.05) is 37.3 Å². The molecule has 2 aromatic rings. The summed E-state index contributed by atoms with van der Waals surface area (Å²) in [5, 5.41) is 1.23. The number of nitrogens with one attached hydrogen (secondary N) is 1. The standard InChI is InChI=1S/C11H11NS/c1-2-11(13)9-7-12-10-6-4-3-5-8(9)10/h3-7,12H,2H2,1H3. The van der Waals surface area contributed by atoms with Crippen LogP contribution in [0.4, 0.5) is 0 Å². The first-order valence-electron chi connectivity index (χ1n) is 4.42. The number of rotatable bonds is 2. The molecule has 1 aromatic carbocycles. The van der Waals surface area contributed by atoms with Crippen molar-refractivity contribution < 1.29 is 0 Å².